The minimum absolute atomic E-state index is 0.362. The van der Waals surface area contributed by atoms with Crippen molar-refractivity contribution < 1.29 is 9.08 Å². The van der Waals surface area contributed by atoms with Gasteiger partial charge in [0.25, 0.3) is 0 Å². The molecular formula is C6H12ClNO2. The molecule has 0 aromatic rings. The first-order valence-electron chi connectivity index (χ1n) is 3.32. The lowest BCUT2D eigenvalue weighted by Crippen LogP contribution is -2.00. The molecule has 0 heterocycles. The molecule has 0 atom stereocenters. The molecule has 0 radical (unpaired) electrons. The van der Waals surface area contributed by atoms with Crippen LogP contribution >= 0.6 is 11.9 Å². The Balaban J connectivity index is 2.96. The lowest BCUT2D eigenvalue weighted by atomic mass is 10.2. The molecule has 4 heteroatoms. The third kappa shape index (κ3) is 5.85. The summed E-state index contributed by atoms with van der Waals surface area (Å²) in [6.07, 6.45) is 3.12. The van der Waals surface area contributed by atoms with Crippen molar-refractivity contribution >= 4 is 17.8 Å². The molecule has 0 aliphatic carbocycles. The van der Waals surface area contributed by atoms with E-state index < -0.39 is 0 Å². The van der Waals surface area contributed by atoms with Crippen molar-refractivity contribution in [3.63, 3.8) is 0 Å². The molecule has 0 saturated carbocycles. The standard InChI is InChI=1S/C6H12ClNO2/c7-10-6(9)4-2-1-3-5-8/h1-5,8H2. The molecule has 0 aromatic heterocycles. The Morgan fingerprint density at radius 1 is 1.40 bits per heavy atom. The highest BCUT2D eigenvalue weighted by atomic mass is 35.5. The van der Waals surface area contributed by atoms with Crippen LogP contribution in [0.1, 0.15) is 25.7 Å². The second kappa shape index (κ2) is 6.83. The van der Waals surface area contributed by atoms with Crippen LogP contribution in [0.5, 0.6) is 0 Å². The van der Waals surface area contributed by atoms with E-state index in [1.165, 1.54) is 0 Å². The first-order valence-corrected chi connectivity index (χ1v) is 3.63. The Kier molecular flexibility index (Phi) is 6.64. The quantitative estimate of drug-likeness (QED) is 0.623. The van der Waals surface area contributed by atoms with Crippen molar-refractivity contribution in [3.8, 4) is 0 Å². The molecule has 0 spiro atoms. The molecule has 0 aliphatic rings. The maximum absolute atomic E-state index is 10.4. The van der Waals surface area contributed by atoms with Gasteiger partial charge in [0, 0.05) is 6.42 Å². The lowest BCUT2D eigenvalue weighted by molar-refractivity contribution is -0.134. The van der Waals surface area contributed by atoms with Gasteiger partial charge in [0.2, 0.25) is 0 Å². The molecule has 10 heavy (non-hydrogen) atoms. The number of rotatable bonds is 5. The summed E-state index contributed by atoms with van der Waals surface area (Å²) in [6.45, 7) is 0.677. The minimum Gasteiger partial charge on any atom is -0.348 e. The highest BCUT2D eigenvalue weighted by molar-refractivity contribution is 6.13. The maximum atomic E-state index is 10.4. The molecule has 0 saturated heterocycles. The first kappa shape index (κ1) is 9.72. The summed E-state index contributed by atoms with van der Waals surface area (Å²) in [5, 5.41) is 0. The third-order valence-corrected chi connectivity index (χ3v) is 1.34. The van der Waals surface area contributed by atoms with Crippen molar-refractivity contribution in [2.75, 3.05) is 6.54 Å². The van der Waals surface area contributed by atoms with E-state index >= 15 is 0 Å². The molecule has 3 nitrogen and oxygen atoms in total. The molecule has 0 unspecified atom stereocenters. The van der Waals surface area contributed by atoms with E-state index in [-0.39, 0.29) is 5.97 Å². The predicted molar refractivity (Wildman–Crippen MR) is 39.5 cm³/mol. The van der Waals surface area contributed by atoms with Gasteiger partial charge in [-0.25, -0.2) is 0 Å². The van der Waals surface area contributed by atoms with Gasteiger partial charge in [-0.05, 0) is 19.4 Å². The van der Waals surface area contributed by atoms with Gasteiger partial charge in [0.1, 0.15) is 11.9 Å². The molecule has 0 aromatic carbocycles. The van der Waals surface area contributed by atoms with Gasteiger partial charge >= 0.3 is 5.97 Å². The topological polar surface area (TPSA) is 52.3 Å². The summed E-state index contributed by atoms with van der Waals surface area (Å²) >= 11 is 4.79. The average Bonchev–Trinajstić information content (AvgIpc) is 1.98. The van der Waals surface area contributed by atoms with E-state index in [2.05, 4.69) is 4.29 Å². The van der Waals surface area contributed by atoms with Crippen LogP contribution in [0, 0.1) is 0 Å². The van der Waals surface area contributed by atoms with Gasteiger partial charge in [0.05, 0.1) is 0 Å². The first-order chi connectivity index (χ1) is 4.81. The van der Waals surface area contributed by atoms with E-state index in [0.717, 1.165) is 19.3 Å². The Hall–Kier alpha value is -0.280. The van der Waals surface area contributed by atoms with Crippen molar-refractivity contribution in [3.05, 3.63) is 0 Å². The summed E-state index contributed by atoms with van der Waals surface area (Å²) < 4.78 is 3.93. The van der Waals surface area contributed by atoms with Gasteiger partial charge in [-0.3, -0.25) is 4.79 Å². The third-order valence-electron chi connectivity index (χ3n) is 1.17. The van der Waals surface area contributed by atoms with Crippen LogP contribution in [0.3, 0.4) is 0 Å². The van der Waals surface area contributed by atoms with Crippen LogP contribution in [-0.2, 0) is 9.08 Å². The largest absolute Gasteiger partial charge is 0.348 e. The summed E-state index contributed by atoms with van der Waals surface area (Å²) in [5.74, 6) is -0.362. The van der Waals surface area contributed by atoms with Crippen LogP contribution in [-0.4, -0.2) is 12.5 Å². The van der Waals surface area contributed by atoms with Crippen molar-refractivity contribution in [1.82, 2.24) is 0 Å². The van der Waals surface area contributed by atoms with Gasteiger partial charge in [0.15, 0.2) is 0 Å². The van der Waals surface area contributed by atoms with Crippen LogP contribution in [0.4, 0.5) is 0 Å². The summed E-state index contributed by atoms with van der Waals surface area (Å²) in [7, 11) is 0. The lowest BCUT2D eigenvalue weighted by Gasteiger charge is -1.95. The van der Waals surface area contributed by atoms with Crippen LogP contribution in [0.15, 0.2) is 0 Å². The van der Waals surface area contributed by atoms with Crippen LogP contribution in [0.25, 0.3) is 0 Å². The van der Waals surface area contributed by atoms with Crippen molar-refractivity contribution in [1.29, 1.82) is 0 Å². The van der Waals surface area contributed by atoms with E-state index in [4.69, 9.17) is 17.6 Å². The second-order valence-electron chi connectivity index (χ2n) is 2.05. The number of nitrogens with two attached hydrogens (primary N) is 1. The maximum Gasteiger partial charge on any atom is 0.324 e. The van der Waals surface area contributed by atoms with Crippen molar-refractivity contribution in [2.45, 2.75) is 25.7 Å². The molecule has 0 bridgehead atoms. The molecule has 0 rings (SSSR count). The number of carbonyl (C=O) groups is 1. The zero-order chi connectivity index (χ0) is 7.82. The fourth-order valence-corrected chi connectivity index (χ4v) is 0.706. The number of unbranched alkanes of at least 4 members (excludes halogenated alkanes) is 2. The van der Waals surface area contributed by atoms with E-state index in [1.54, 1.807) is 0 Å². The number of hydrogen-bond donors (Lipinski definition) is 1. The monoisotopic (exact) mass is 165 g/mol. The zero-order valence-corrected chi connectivity index (χ0v) is 6.56. The van der Waals surface area contributed by atoms with Gasteiger partial charge in [-0.15, -0.1) is 0 Å². The molecule has 0 amide bonds. The molecule has 0 aliphatic heterocycles. The zero-order valence-electron chi connectivity index (χ0n) is 5.81. The minimum atomic E-state index is -0.362. The highest BCUT2D eigenvalue weighted by Gasteiger charge is 1.99. The second-order valence-corrected chi connectivity index (χ2v) is 2.20. The number of halogens is 1. The Morgan fingerprint density at radius 2 is 2.10 bits per heavy atom. The van der Waals surface area contributed by atoms with Crippen LogP contribution < -0.4 is 5.73 Å². The number of carbonyl (C=O) groups excluding carboxylic acids is 1. The average molecular weight is 166 g/mol. The van der Waals surface area contributed by atoms with Crippen molar-refractivity contribution in [2.24, 2.45) is 5.73 Å². The fraction of sp³-hybridized carbons (Fsp3) is 0.833. The summed E-state index contributed by atoms with van der Waals surface area (Å²) in [6, 6.07) is 0. The summed E-state index contributed by atoms with van der Waals surface area (Å²) in [4.78, 5) is 10.4. The molecule has 2 N–H and O–H groups in total. The fourth-order valence-electron chi connectivity index (χ4n) is 0.629. The highest BCUT2D eigenvalue weighted by Crippen LogP contribution is 2.00. The van der Waals surface area contributed by atoms with Gasteiger partial charge in [-0.2, -0.15) is 0 Å². The number of hydrogen-bond acceptors (Lipinski definition) is 3. The molecular weight excluding hydrogens is 154 g/mol. The Morgan fingerprint density at radius 3 is 2.60 bits per heavy atom. The molecule has 0 fully saturated rings. The smallest absolute Gasteiger partial charge is 0.324 e. The van der Waals surface area contributed by atoms with E-state index in [1.807, 2.05) is 0 Å². The SMILES string of the molecule is NCCCCCC(=O)OCl. The summed E-state index contributed by atoms with van der Waals surface area (Å²) in [5.41, 5.74) is 5.24. The Labute approximate surface area is 65.7 Å². The van der Waals surface area contributed by atoms with E-state index in [9.17, 15) is 4.79 Å². The normalized spacial score (nSPS) is 9.40. The van der Waals surface area contributed by atoms with Gasteiger partial charge in [-0.1, -0.05) is 6.42 Å². The van der Waals surface area contributed by atoms with Gasteiger partial charge < -0.3 is 10.0 Å². The molecule has 60 valence electrons. The van der Waals surface area contributed by atoms with Crippen LogP contribution in [0.2, 0.25) is 0 Å². The Bertz CT molecular complexity index is 97.7. The predicted octanol–water partition coefficient (Wildman–Crippen LogP) is 1.20. The van der Waals surface area contributed by atoms with E-state index in [0.29, 0.717) is 13.0 Å².